The van der Waals surface area contributed by atoms with Gasteiger partial charge in [-0.25, -0.2) is 8.42 Å². The number of hydrogen-bond acceptors (Lipinski definition) is 4. The lowest BCUT2D eigenvalue weighted by Gasteiger charge is -2.33. The zero-order valence-corrected chi connectivity index (χ0v) is 10.7. The summed E-state index contributed by atoms with van der Waals surface area (Å²) in [5, 5.41) is 0. The predicted molar refractivity (Wildman–Crippen MR) is 65.6 cm³/mol. The molecule has 1 aromatic heterocycles. The molecule has 17 heavy (non-hydrogen) atoms. The molecule has 4 nitrogen and oxygen atoms in total. The Balaban J connectivity index is 2.09. The molecule has 1 saturated heterocycles. The van der Waals surface area contributed by atoms with Gasteiger partial charge in [0.15, 0.2) is 0 Å². The average Bonchev–Trinajstić information content (AvgIpc) is 2.21. The van der Waals surface area contributed by atoms with Crippen molar-refractivity contribution in [1.82, 2.24) is 4.98 Å². The van der Waals surface area contributed by atoms with Crippen LogP contribution < -0.4 is 0 Å². The third-order valence-electron chi connectivity index (χ3n) is 3.15. The van der Waals surface area contributed by atoms with Crippen LogP contribution in [-0.2, 0) is 14.6 Å². The van der Waals surface area contributed by atoms with E-state index in [-0.39, 0.29) is 11.7 Å². The summed E-state index contributed by atoms with van der Waals surface area (Å²) >= 11 is 0. The normalized spacial score (nSPS) is 18.6. The summed E-state index contributed by atoms with van der Waals surface area (Å²) in [5.41, 5.74) is 1.12. The summed E-state index contributed by atoms with van der Waals surface area (Å²) in [4.78, 5) is 4.10. The van der Waals surface area contributed by atoms with E-state index in [0.29, 0.717) is 12.3 Å². The molecular weight excluding hydrogens is 238 g/mol. The SMILES string of the molecule is CS(=O)(=O)CCC(c1cccnc1)C1COC1. The van der Waals surface area contributed by atoms with E-state index in [9.17, 15) is 8.42 Å². The van der Waals surface area contributed by atoms with Crippen LogP contribution in [0.25, 0.3) is 0 Å². The van der Waals surface area contributed by atoms with Crippen molar-refractivity contribution in [3.05, 3.63) is 30.1 Å². The largest absolute Gasteiger partial charge is 0.381 e. The fourth-order valence-electron chi connectivity index (χ4n) is 2.10. The van der Waals surface area contributed by atoms with E-state index in [2.05, 4.69) is 4.98 Å². The van der Waals surface area contributed by atoms with Crippen molar-refractivity contribution >= 4 is 9.84 Å². The second kappa shape index (κ2) is 5.14. The van der Waals surface area contributed by atoms with Gasteiger partial charge < -0.3 is 4.74 Å². The first-order valence-corrected chi connectivity index (χ1v) is 7.78. The summed E-state index contributed by atoms with van der Waals surface area (Å²) < 4.78 is 27.7. The molecule has 0 radical (unpaired) electrons. The molecule has 1 aliphatic heterocycles. The van der Waals surface area contributed by atoms with Crippen molar-refractivity contribution in [2.45, 2.75) is 12.3 Å². The molecule has 1 unspecified atom stereocenters. The lowest BCUT2D eigenvalue weighted by molar-refractivity contribution is -0.0455. The molecule has 94 valence electrons. The summed E-state index contributed by atoms with van der Waals surface area (Å²) in [6.07, 6.45) is 5.49. The number of ether oxygens (including phenoxy) is 1. The van der Waals surface area contributed by atoms with Gasteiger partial charge in [0.1, 0.15) is 9.84 Å². The molecule has 2 heterocycles. The molecule has 0 aromatic carbocycles. The standard InChI is InChI=1S/C12H17NO3S/c1-17(14,15)6-4-12(11-8-16-9-11)10-3-2-5-13-7-10/h2-3,5,7,11-12H,4,6,8-9H2,1H3. The molecule has 5 heteroatoms. The number of nitrogens with zero attached hydrogens (tertiary/aromatic N) is 1. The second-order valence-corrected chi connectivity index (χ2v) is 6.87. The highest BCUT2D eigenvalue weighted by Crippen LogP contribution is 2.32. The average molecular weight is 255 g/mol. The van der Waals surface area contributed by atoms with Gasteiger partial charge in [0.05, 0.1) is 19.0 Å². The van der Waals surface area contributed by atoms with Crippen LogP contribution in [-0.4, -0.2) is 38.6 Å². The van der Waals surface area contributed by atoms with Crippen molar-refractivity contribution in [2.75, 3.05) is 25.2 Å². The van der Waals surface area contributed by atoms with E-state index in [1.807, 2.05) is 18.3 Å². The highest BCUT2D eigenvalue weighted by Gasteiger charge is 2.30. The third-order valence-corrected chi connectivity index (χ3v) is 4.12. The van der Waals surface area contributed by atoms with Crippen molar-refractivity contribution in [3.63, 3.8) is 0 Å². The van der Waals surface area contributed by atoms with Crippen LogP contribution in [0.5, 0.6) is 0 Å². The molecule has 0 saturated carbocycles. The quantitative estimate of drug-likeness (QED) is 0.794. The molecule has 0 amide bonds. The maximum Gasteiger partial charge on any atom is 0.147 e. The molecular formula is C12H17NO3S. The Hall–Kier alpha value is -0.940. The molecule has 0 spiro atoms. The monoisotopic (exact) mass is 255 g/mol. The second-order valence-electron chi connectivity index (χ2n) is 4.61. The zero-order valence-electron chi connectivity index (χ0n) is 9.87. The highest BCUT2D eigenvalue weighted by molar-refractivity contribution is 7.90. The summed E-state index contributed by atoms with van der Waals surface area (Å²) in [7, 11) is -2.91. The van der Waals surface area contributed by atoms with E-state index >= 15 is 0 Å². The molecule has 0 aliphatic carbocycles. The van der Waals surface area contributed by atoms with Gasteiger partial charge in [0, 0.05) is 24.6 Å². The van der Waals surface area contributed by atoms with E-state index in [0.717, 1.165) is 18.8 Å². The molecule has 1 aliphatic rings. The molecule has 0 bridgehead atoms. The number of hydrogen-bond donors (Lipinski definition) is 0. The van der Waals surface area contributed by atoms with E-state index in [1.165, 1.54) is 6.26 Å². The molecule has 1 atom stereocenters. The third kappa shape index (κ3) is 3.51. The number of pyridine rings is 1. The molecule has 0 N–H and O–H groups in total. The van der Waals surface area contributed by atoms with E-state index in [4.69, 9.17) is 4.74 Å². The minimum Gasteiger partial charge on any atom is -0.381 e. The van der Waals surface area contributed by atoms with Gasteiger partial charge >= 0.3 is 0 Å². The Morgan fingerprint density at radius 2 is 2.29 bits per heavy atom. The van der Waals surface area contributed by atoms with Gasteiger partial charge in [-0.3, -0.25) is 4.98 Å². The Kier molecular flexibility index (Phi) is 3.79. The maximum atomic E-state index is 11.2. The van der Waals surface area contributed by atoms with Crippen molar-refractivity contribution in [3.8, 4) is 0 Å². The van der Waals surface area contributed by atoms with Crippen molar-refractivity contribution in [1.29, 1.82) is 0 Å². The first kappa shape index (κ1) is 12.5. The van der Waals surface area contributed by atoms with Gasteiger partial charge in [-0.2, -0.15) is 0 Å². The van der Waals surface area contributed by atoms with Gasteiger partial charge in [0.2, 0.25) is 0 Å². The van der Waals surface area contributed by atoms with Crippen LogP contribution >= 0.6 is 0 Å². The van der Waals surface area contributed by atoms with E-state index < -0.39 is 9.84 Å². The van der Waals surface area contributed by atoms with Gasteiger partial charge in [-0.05, 0) is 24.0 Å². The first-order valence-electron chi connectivity index (χ1n) is 5.71. The first-order chi connectivity index (χ1) is 8.06. The fraction of sp³-hybridized carbons (Fsp3) is 0.583. The summed E-state index contributed by atoms with van der Waals surface area (Å²) in [6, 6.07) is 3.90. The van der Waals surface area contributed by atoms with Gasteiger partial charge in [-0.1, -0.05) is 6.07 Å². The Morgan fingerprint density at radius 1 is 1.53 bits per heavy atom. The lowest BCUT2D eigenvalue weighted by Crippen LogP contribution is -2.34. The molecule has 1 aromatic rings. The van der Waals surface area contributed by atoms with Crippen LogP contribution in [0.2, 0.25) is 0 Å². The number of rotatable bonds is 5. The number of sulfone groups is 1. The number of aromatic nitrogens is 1. The van der Waals surface area contributed by atoms with Crippen LogP contribution in [0.3, 0.4) is 0 Å². The minimum absolute atomic E-state index is 0.225. The van der Waals surface area contributed by atoms with Crippen LogP contribution in [0.15, 0.2) is 24.5 Å². The Bertz CT molecular complexity index is 454. The van der Waals surface area contributed by atoms with Crippen LogP contribution in [0.1, 0.15) is 17.9 Å². The fourth-order valence-corrected chi connectivity index (χ4v) is 2.78. The van der Waals surface area contributed by atoms with Gasteiger partial charge in [-0.15, -0.1) is 0 Å². The van der Waals surface area contributed by atoms with Crippen molar-refractivity contribution in [2.24, 2.45) is 5.92 Å². The Morgan fingerprint density at radius 3 is 2.76 bits per heavy atom. The van der Waals surface area contributed by atoms with E-state index in [1.54, 1.807) is 6.20 Å². The van der Waals surface area contributed by atoms with Crippen LogP contribution in [0.4, 0.5) is 0 Å². The van der Waals surface area contributed by atoms with Crippen LogP contribution in [0, 0.1) is 5.92 Å². The minimum atomic E-state index is -2.91. The summed E-state index contributed by atoms with van der Waals surface area (Å²) in [6.45, 7) is 1.45. The molecule has 1 fully saturated rings. The lowest BCUT2D eigenvalue weighted by atomic mass is 9.83. The topological polar surface area (TPSA) is 56.3 Å². The summed E-state index contributed by atoms with van der Waals surface area (Å²) in [5.74, 6) is 0.899. The predicted octanol–water partition coefficient (Wildman–Crippen LogP) is 1.25. The zero-order chi connectivity index (χ0) is 12.3. The van der Waals surface area contributed by atoms with Crippen molar-refractivity contribution < 1.29 is 13.2 Å². The molecule has 2 rings (SSSR count). The van der Waals surface area contributed by atoms with Gasteiger partial charge in [0.25, 0.3) is 0 Å². The smallest absolute Gasteiger partial charge is 0.147 e. The maximum absolute atomic E-state index is 11.2. The highest BCUT2D eigenvalue weighted by atomic mass is 32.2. The Labute approximate surface area is 102 Å².